The lowest BCUT2D eigenvalue weighted by Gasteiger charge is -2.30. The zero-order chi connectivity index (χ0) is 22.0. The summed E-state index contributed by atoms with van der Waals surface area (Å²) in [7, 11) is 0. The van der Waals surface area contributed by atoms with Crippen molar-refractivity contribution in [3.05, 3.63) is 60.8 Å². The van der Waals surface area contributed by atoms with Gasteiger partial charge in [-0.25, -0.2) is 18.0 Å². The first-order valence-corrected chi connectivity index (χ1v) is 10.4. The summed E-state index contributed by atoms with van der Waals surface area (Å²) >= 11 is 1.31. The van der Waals surface area contributed by atoms with Gasteiger partial charge in [-0.05, 0) is 30.9 Å². The summed E-state index contributed by atoms with van der Waals surface area (Å²) in [6.45, 7) is 0.283. The van der Waals surface area contributed by atoms with Crippen molar-refractivity contribution in [3.8, 4) is 0 Å². The smallest absolute Gasteiger partial charge is 0.341 e. The number of aromatic carboxylic acids is 1. The van der Waals surface area contributed by atoms with Gasteiger partial charge in [0.1, 0.15) is 11.3 Å². The summed E-state index contributed by atoms with van der Waals surface area (Å²) in [5, 5.41) is 8.41. The van der Waals surface area contributed by atoms with Crippen LogP contribution in [0.25, 0.3) is 10.9 Å². The highest BCUT2D eigenvalue weighted by molar-refractivity contribution is 7.13. The molecule has 3 heterocycles. The number of anilines is 1. The van der Waals surface area contributed by atoms with E-state index in [2.05, 4.69) is 0 Å². The van der Waals surface area contributed by atoms with Crippen molar-refractivity contribution in [2.24, 2.45) is 0 Å². The molecule has 1 aromatic carbocycles. The monoisotopic (exact) mass is 448 g/mol. The van der Waals surface area contributed by atoms with E-state index in [1.807, 2.05) is 0 Å². The standard InChI is InChI=1S/C21H15F3N2O4S/c22-15-14-18(26(10-1-2-10)7-12(20(14)28)21(29)30)17(24)19(16(15)23)25-4-3-13-9(6-25)5-11(8-27)31-13/h5,7-8,10H,1-4,6H2,(H,29,30). The molecule has 0 bridgehead atoms. The van der Waals surface area contributed by atoms with Crippen LogP contribution in [-0.2, 0) is 13.0 Å². The predicted octanol–water partition coefficient (Wildman–Crippen LogP) is 3.89. The van der Waals surface area contributed by atoms with Gasteiger partial charge >= 0.3 is 5.97 Å². The van der Waals surface area contributed by atoms with Crippen molar-refractivity contribution >= 4 is 40.2 Å². The number of halogens is 3. The summed E-state index contributed by atoms with van der Waals surface area (Å²) in [4.78, 5) is 37.8. The highest BCUT2D eigenvalue weighted by atomic mass is 32.1. The van der Waals surface area contributed by atoms with Crippen LogP contribution >= 0.6 is 11.3 Å². The van der Waals surface area contributed by atoms with Gasteiger partial charge in [-0.3, -0.25) is 9.59 Å². The molecular weight excluding hydrogens is 433 g/mol. The number of fused-ring (bicyclic) bond motifs is 2. The molecule has 6 nitrogen and oxygen atoms in total. The number of thiophene rings is 1. The van der Waals surface area contributed by atoms with Gasteiger partial charge in [-0.1, -0.05) is 0 Å². The zero-order valence-electron chi connectivity index (χ0n) is 16.0. The fourth-order valence-electron chi connectivity index (χ4n) is 4.16. The molecule has 5 rings (SSSR count). The predicted molar refractivity (Wildman–Crippen MR) is 108 cm³/mol. The number of nitrogens with zero attached hydrogens (tertiary/aromatic N) is 2. The zero-order valence-corrected chi connectivity index (χ0v) is 16.8. The number of carboxylic acids is 1. The minimum atomic E-state index is -1.59. The quantitative estimate of drug-likeness (QED) is 0.484. The van der Waals surface area contributed by atoms with E-state index < -0.39 is 51.0 Å². The molecule has 1 aliphatic heterocycles. The van der Waals surface area contributed by atoms with E-state index in [0.717, 1.165) is 16.6 Å². The topological polar surface area (TPSA) is 79.6 Å². The summed E-state index contributed by atoms with van der Waals surface area (Å²) in [5.74, 6) is -5.76. The molecule has 2 aliphatic rings. The maximum Gasteiger partial charge on any atom is 0.341 e. The molecule has 0 atom stereocenters. The Morgan fingerprint density at radius 2 is 1.94 bits per heavy atom. The van der Waals surface area contributed by atoms with E-state index in [0.29, 0.717) is 30.4 Å². The Balaban J connectivity index is 1.75. The molecule has 1 aliphatic carbocycles. The molecule has 0 unspecified atom stereocenters. The average Bonchev–Trinajstić information content (AvgIpc) is 3.50. The molecule has 0 saturated heterocycles. The molecule has 160 valence electrons. The highest BCUT2D eigenvalue weighted by Crippen LogP contribution is 2.41. The number of hydrogen-bond donors (Lipinski definition) is 1. The van der Waals surface area contributed by atoms with Crippen LogP contribution in [0.3, 0.4) is 0 Å². The van der Waals surface area contributed by atoms with Gasteiger partial charge in [0.25, 0.3) is 0 Å². The Morgan fingerprint density at radius 3 is 2.58 bits per heavy atom. The first kappa shape index (κ1) is 19.8. The van der Waals surface area contributed by atoms with Crippen LogP contribution in [-0.4, -0.2) is 28.5 Å². The summed E-state index contributed by atoms with van der Waals surface area (Å²) < 4.78 is 47.1. The first-order valence-electron chi connectivity index (χ1n) is 9.62. The first-order chi connectivity index (χ1) is 14.8. The number of pyridine rings is 1. The van der Waals surface area contributed by atoms with Crippen LogP contribution in [0.1, 0.15) is 49.4 Å². The van der Waals surface area contributed by atoms with Gasteiger partial charge in [0, 0.05) is 30.2 Å². The summed E-state index contributed by atoms with van der Waals surface area (Å²) in [6.07, 6.45) is 3.37. The molecular formula is C21H15F3N2O4S. The van der Waals surface area contributed by atoms with Crippen LogP contribution < -0.4 is 10.3 Å². The Labute approximate surface area is 177 Å². The third-order valence-electron chi connectivity index (χ3n) is 5.76. The number of rotatable bonds is 4. The van der Waals surface area contributed by atoms with E-state index in [-0.39, 0.29) is 19.1 Å². The van der Waals surface area contributed by atoms with Gasteiger partial charge in [-0.15, -0.1) is 11.3 Å². The lowest BCUT2D eigenvalue weighted by atomic mass is 10.0. The van der Waals surface area contributed by atoms with Crippen LogP contribution in [0.5, 0.6) is 0 Å². The second-order valence-corrected chi connectivity index (χ2v) is 8.88. The van der Waals surface area contributed by atoms with Crippen molar-refractivity contribution < 1.29 is 27.9 Å². The van der Waals surface area contributed by atoms with E-state index in [4.69, 9.17) is 0 Å². The van der Waals surface area contributed by atoms with Crippen LogP contribution in [0.2, 0.25) is 0 Å². The Kier molecular flexibility index (Phi) is 4.44. The maximum absolute atomic E-state index is 15.7. The molecule has 0 spiro atoms. The van der Waals surface area contributed by atoms with E-state index >= 15 is 13.2 Å². The lowest BCUT2D eigenvalue weighted by molar-refractivity contribution is 0.0694. The highest BCUT2D eigenvalue weighted by Gasteiger charge is 2.34. The molecule has 31 heavy (non-hydrogen) atoms. The van der Waals surface area contributed by atoms with Crippen molar-refractivity contribution in [2.75, 3.05) is 11.4 Å². The van der Waals surface area contributed by atoms with Crippen molar-refractivity contribution in [3.63, 3.8) is 0 Å². The average molecular weight is 448 g/mol. The number of benzene rings is 1. The second-order valence-electron chi connectivity index (χ2n) is 7.72. The summed E-state index contributed by atoms with van der Waals surface area (Å²) in [6, 6.07) is 1.36. The molecule has 0 radical (unpaired) electrons. The Hall–Kier alpha value is -3.14. The Morgan fingerprint density at radius 1 is 1.19 bits per heavy atom. The number of aldehydes is 1. The fraction of sp³-hybridized carbons (Fsp3) is 0.286. The van der Waals surface area contributed by atoms with Crippen LogP contribution in [0.15, 0.2) is 17.1 Å². The number of aromatic nitrogens is 1. The van der Waals surface area contributed by atoms with Gasteiger partial charge in [0.05, 0.1) is 15.8 Å². The maximum atomic E-state index is 15.7. The van der Waals surface area contributed by atoms with Crippen molar-refractivity contribution in [1.82, 2.24) is 4.57 Å². The third kappa shape index (κ3) is 2.96. The third-order valence-corrected chi connectivity index (χ3v) is 6.92. The lowest BCUT2D eigenvalue weighted by Crippen LogP contribution is -2.32. The number of carbonyl (C=O) groups is 2. The van der Waals surface area contributed by atoms with E-state index in [1.165, 1.54) is 20.8 Å². The Bertz CT molecular complexity index is 1340. The van der Waals surface area contributed by atoms with Gasteiger partial charge < -0.3 is 14.6 Å². The van der Waals surface area contributed by atoms with Crippen molar-refractivity contribution in [1.29, 1.82) is 0 Å². The molecule has 1 N–H and O–H groups in total. The number of carbonyl (C=O) groups excluding carboxylic acids is 1. The van der Waals surface area contributed by atoms with E-state index in [9.17, 15) is 19.5 Å². The van der Waals surface area contributed by atoms with E-state index in [1.54, 1.807) is 6.07 Å². The van der Waals surface area contributed by atoms with Crippen molar-refractivity contribution in [2.45, 2.75) is 31.8 Å². The normalized spacial score (nSPS) is 15.9. The molecule has 1 fully saturated rings. The summed E-state index contributed by atoms with van der Waals surface area (Å²) in [5.41, 5.74) is -2.26. The van der Waals surface area contributed by atoms with Crippen LogP contribution in [0.4, 0.5) is 18.9 Å². The van der Waals surface area contributed by atoms with Gasteiger partial charge in [0.15, 0.2) is 23.7 Å². The van der Waals surface area contributed by atoms with Gasteiger partial charge in [-0.2, -0.15) is 0 Å². The minimum Gasteiger partial charge on any atom is -0.477 e. The van der Waals surface area contributed by atoms with Crippen LogP contribution in [0, 0.1) is 17.5 Å². The molecule has 0 amide bonds. The number of carboxylic acid groups (broad SMARTS) is 1. The molecule has 2 aromatic heterocycles. The molecule has 10 heteroatoms. The minimum absolute atomic E-state index is 0.0827. The largest absolute Gasteiger partial charge is 0.477 e. The van der Waals surface area contributed by atoms with Gasteiger partial charge in [0.2, 0.25) is 5.43 Å². The second kappa shape index (κ2) is 6.94. The fourth-order valence-corrected chi connectivity index (χ4v) is 5.14. The molecule has 3 aromatic rings. The SMILES string of the molecule is O=Cc1cc2c(s1)CCN(c1c(F)c(F)c3c(=O)c(C(=O)O)cn(C4CC4)c3c1F)C2. The number of hydrogen-bond acceptors (Lipinski definition) is 5. The molecule has 1 saturated carbocycles.